The molecule has 0 aliphatic heterocycles. The lowest BCUT2D eigenvalue weighted by molar-refractivity contribution is 0.102. The maximum absolute atomic E-state index is 12.9. The second-order valence-electron chi connectivity index (χ2n) is 7.62. The Morgan fingerprint density at radius 1 is 1.03 bits per heavy atom. The second kappa shape index (κ2) is 7.71. The lowest BCUT2D eigenvalue weighted by Gasteiger charge is -2.11. The quantitative estimate of drug-likeness (QED) is 0.533. The number of fused-ring (bicyclic) bond motifs is 1. The van der Waals surface area contributed by atoms with Crippen molar-refractivity contribution in [2.24, 2.45) is 0 Å². The fraction of sp³-hybridized carbons (Fsp3) is 0.217. The molecule has 0 atom stereocenters. The summed E-state index contributed by atoms with van der Waals surface area (Å²) in [5.74, 6) is 0.162. The molecule has 0 aliphatic rings. The predicted octanol–water partition coefficient (Wildman–Crippen LogP) is 3.07. The zero-order valence-electron chi connectivity index (χ0n) is 17.8. The van der Waals surface area contributed by atoms with Gasteiger partial charge in [-0.15, -0.1) is 0 Å². The zero-order valence-corrected chi connectivity index (χ0v) is 17.8. The maximum atomic E-state index is 12.9. The summed E-state index contributed by atoms with van der Waals surface area (Å²) in [6, 6.07) is 12.5. The monoisotopic (exact) mass is 417 g/mol. The number of anilines is 1. The number of aryl methyl sites for hydroxylation is 3. The van der Waals surface area contributed by atoms with Crippen LogP contribution in [0.2, 0.25) is 0 Å². The van der Waals surface area contributed by atoms with Crippen LogP contribution in [0.4, 0.5) is 5.82 Å². The van der Waals surface area contributed by atoms with E-state index in [9.17, 15) is 14.4 Å². The Morgan fingerprint density at radius 3 is 2.42 bits per heavy atom. The predicted molar refractivity (Wildman–Crippen MR) is 120 cm³/mol. The summed E-state index contributed by atoms with van der Waals surface area (Å²) in [5, 5.41) is 7.76. The molecule has 2 heterocycles. The van der Waals surface area contributed by atoms with Gasteiger partial charge in [0.25, 0.3) is 11.5 Å². The highest BCUT2D eigenvalue weighted by Gasteiger charge is 2.15. The third-order valence-corrected chi connectivity index (χ3v) is 5.08. The number of aromatic nitrogens is 4. The minimum absolute atomic E-state index is 0.272. The molecule has 0 bridgehead atoms. The summed E-state index contributed by atoms with van der Waals surface area (Å²) >= 11 is 0. The molecule has 31 heavy (non-hydrogen) atoms. The number of aromatic amines is 1. The number of H-pyrrole nitrogens is 1. The SMILES string of the molecule is CCn1c(=O)[nH]c2cc(C(=O)Nc3cc(C)nn3-c3cc(C)cc(C)c3)ccc2c1=O. The number of rotatable bonds is 4. The number of hydrogen-bond donors (Lipinski definition) is 2. The van der Waals surface area contributed by atoms with Crippen molar-refractivity contribution in [2.45, 2.75) is 34.2 Å². The van der Waals surface area contributed by atoms with Gasteiger partial charge in [-0.1, -0.05) is 6.07 Å². The standard InChI is InChI=1S/C23H23N5O3/c1-5-27-22(30)18-7-6-16(12-19(18)24-23(27)31)21(29)25-20-11-15(4)26-28(20)17-9-13(2)8-14(3)10-17/h6-12H,5H2,1-4H3,(H,24,31)(H,25,29). The summed E-state index contributed by atoms with van der Waals surface area (Å²) in [4.78, 5) is 40.2. The lowest BCUT2D eigenvalue weighted by atomic mass is 10.1. The molecule has 0 saturated heterocycles. The summed E-state index contributed by atoms with van der Waals surface area (Å²) < 4.78 is 2.81. The van der Waals surface area contributed by atoms with Gasteiger partial charge in [0.05, 0.1) is 22.3 Å². The van der Waals surface area contributed by atoms with Gasteiger partial charge in [-0.25, -0.2) is 9.48 Å². The molecule has 2 aromatic carbocycles. The Kier molecular flexibility index (Phi) is 5.06. The summed E-state index contributed by atoms with van der Waals surface area (Å²) in [6.45, 7) is 7.87. The topological polar surface area (TPSA) is 102 Å². The Morgan fingerprint density at radius 2 is 1.74 bits per heavy atom. The first-order valence-electron chi connectivity index (χ1n) is 10.0. The second-order valence-corrected chi connectivity index (χ2v) is 7.62. The van der Waals surface area contributed by atoms with E-state index in [2.05, 4.69) is 21.5 Å². The van der Waals surface area contributed by atoms with Gasteiger partial charge in [0, 0.05) is 18.2 Å². The third kappa shape index (κ3) is 3.79. The van der Waals surface area contributed by atoms with Crippen LogP contribution in [-0.4, -0.2) is 25.2 Å². The molecule has 2 aromatic heterocycles. The normalized spacial score (nSPS) is 11.1. The van der Waals surface area contributed by atoms with Crippen molar-refractivity contribution in [2.75, 3.05) is 5.32 Å². The molecule has 2 N–H and O–H groups in total. The van der Waals surface area contributed by atoms with Crippen LogP contribution in [0.15, 0.2) is 52.1 Å². The van der Waals surface area contributed by atoms with Gasteiger partial charge in [0.1, 0.15) is 5.82 Å². The molecule has 0 radical (unpaired) electrons. The first-order chi connectivity index (χ1) is 14.8. The minimum Gasteiger partial charge on any atom is -0.307 e. The van der Waals surface area contributed by atoms with E-state index in [1.165, 1.54) is 6.07 Å². The van der Waals surface area contributed by atoms with E-state index in [1.807, 2.05) is 32.9 Å². The smallest absolute Gasteiger partial charge is 0.307 e. The summed E-state index contributed by atoms with van der Waals surface area (Å²) in [6.07, 6.45) is 0. The number of nitrogens with zero attached hydrogens (tertiary/aromatic N) is 3. The van der Waals surface area contributed by atoms with Gasteiger partial charge in [0.15, 0.2) is 0 Å². The fourth-order valence-corrected chi connectivity index (χ4v) is 3.73. The van der Waals surface area contributed by atoms with Crippen LogP contribution in [0, 0.1) is 20.8 Å². The summed E-state index contributed by atoms with van der Waals surface area (Å²) in [7, 11) is 0. The highest BCUT2D eigenvalue weighted by atomic mass is 16.2. The highest BCUT2D eigenvalue weighted by Crippen LogP contribution is 2.21. The van der Waals surface area contributed by atoms with Gasteiger partial charge in [-0.2, -0.15) is 5.10 Å². The maximum Gasteiger partial charge on any atom is 0.328 e. The molecule has 4 aromatic rings. The molecule has 0 saturated carbocycles. The Bertz CT molecular complexity index is 1420. The number of benzene rings is 2. The van der Waals surface area contributed by atoms with Crippen molar-refractivity contribution in [3.63, 3.8) is 0 Å². The Labute approximate surface area is 178 Å². The highest BCUT2D eigenvalue weighted by molar-refractivity contribution is 6.05. The van der Waals surface area contributed by atoms with E-state index in [4.69, 9.17) is 0 Å². The molecule has 8 heteroatoms. The van der Waals surface area contributed by atoms with Gasteiger partial charge >= 0.3 is 5.69 Å². The van der Waals surface area contributed by atoms with E-state index < -0.39 is 5.69 Å². The van der Waals surface area contributed by atoms with E-state index in [-0.39, 0.29) is 18.0 Å². The lowest BCUT2D eigenvalue weighted by Crippen LogP contribution is -2.34. The molecule has 1 amide bonds. The van der Waals surface area contributed by atoms with Gasteiger partial charge in [-0.05, 0) is 69.2 Å². The van der Waals surface area contributed by atoms with Crippen LogP contribution in [0.25, 0.3) is 16.6 Å². The molecule has 8 nitrogen and oxygen atoms in total. The first-order valence-corrected chi connectivity index (χ1v) is 10.0. The number of hydrogen-bond acceptors (Lipinski definition) is 4. The third-order valence-electron chi connectivity index (χ3n) is 5.08. The molecular formula is C23H23N5O3. The zero-order chi connectivity index (χ0) is 22.3. The molecule has 0 aliphatic carbocycles. The fourth-order valence-electron chi connectivity index (χ4n) is 3.73. The minimum atomic E-state index is -0.499. The van der Waals surface area contributed by atoms with Gasteiger partial charge < -0.3 is 10.3 Å². The largest absolute Gasteiger partial charge is 0.328 e. The van der Waals surface area contributed by atoms with E-state index in [0.29, 0.717) is 22.3 Å². The van der Waals surface area contributed by atoms with E-state index in [0.717, 1.165) is 27.1 Å². The van der Waals surface area contributed by atoms with Crippen molar-refractivity contribution < 1.29 is 4.79 Å². The van der Waals surface area contributed by atoms with Gasteiger partial charge in [-0.3, -0.25) is 14.2 Å². The molecular weight excluding hydrogens is 394 g/mol. The average molecular weight is 417 g/mol. The first kappa shape index (κ1) is 20.3. The molecule has 4 rings (SSSR count). The van der Waals surface area contributed by atoms with Crippen LogP contribution in [0.1, 0.15) is 34.1 Å². The molecule has 0 spiro atoms. The molecule has 0 fully saturated rings. The van der Waals surface area contributed by atoms with E-state index >= 15 is 0 Å². The van der Waals surface area contributed by atoms with Crippen molar-refractivity contribution in [1.29, 1.82) is 0 Å². The van der Waals surface area contributed by atoms with Crippen molar-refractivity contribution in [3.8, 4) is 5.69 Å². The molecule has 0 unspecified atom stereocenters. The molecule has 158 valence electrons. The van der Waals surface area contributed by atoms with E-state index in [1.54, 1.807) is 29.8 Å². The summed E-state index contributed by atoms with van der Waals surface area (Å²) in [5.41, 5.74) is 3.57. The number of nitrogens with one attached hydrogen (secondary N) is 2. The van der Waals surface area contributed by atoms with Crippen molar-refractivity contribution in [1.82, 2.24) is 19.3 Å². The number of carbonyl (C=O) groups excluding carboxylic acids is 1. The van der Waals surface area contributed by atoms with Crippen molar-refractivity contribution in [3.05, 3.63) is 85.7 Å². The average Bonchev–Trinajstić information content (AvgIpc) is 3.07. The Balaban J connectivity index is 1.71. The van der Waals surface area contributed by atoms with Crippen LogP contribution in [0.5, 0.6) is 0 Å². The Hall–Kier alpha value is -3.94. The number of carbonyl (C=O) groups is 1. The van der Waals surface area contributed by atoms with Crippen LogP contribution >= 0.6 is 0 Å². The number of amides is 1. The van der Waals surface area contributed by atoms with Crippen LogP contribution in [-0.2, 0) is 6.54 Å². The van der Waals surface area contributed by atoms with Crippen LogP contribution < -0.4 is 16.6 Å². The van der Waals surface area contributed by atoms with Crippen molar-refractivity contribution >= 4 is 22.6 Å². The van der Waals surface area contributed by atoms with Gasteiger partial charge in [0.2, 0.25) is 0 Å². The van der Waals surface area contributed by atoms with Crippen LogP contribution in [0.3, 0.4) is 0 Å².